The van der Waals surface area contributed by atoms with Crippen LogP contribution in [0.4, 0.5) is 5.69 Å². The second-order valence-corrected chi connectivity index (χ2v) is 5.99. The molecule has 1 aliphatic carbocycles. The highest BCUT2D eigenvalue weighted by Gasteiger charge is 2.32. The van der Waals surface area contributed by atoms with Crippen LogP contribution in [0.5, 0.6) is 0 Å². The van der Waals surface area contributed by atoms with Crippen LogP contribution in [0, 0.1) is 6.92 Å². The Kier molecular flexibility index (Phi) is 2.91. The third-order valence-corrected chi connectivity index (χ3v) is 4.63. The van der Waals surface area contributed by atoms with Crippen LogP contribution in [0.3, 0.4) is 0 Å². The number of fused-ring (bicyclic) bond motifs is 2. The van der Waals surface area contributed by atoms with Crippen LogP contribution in [0.25, 0.3) is 11.1 Å². The van der Waals surface area contributed by atoms with E-state index in [2.05, 4.69) is 10.3 Å². The lowest BCUT2D eigenvalue weighted by atomic mass is 9.86. The van der Waals surface area contributed by atoms with E-state index in [0.29, 0.717) is 16.8 Å². The number of carbonyl (C=O) groups is 2. The van der Waals surface area contributed by atoms with Gasteiger partial charge in [0, 0.05) is 22.6 Å². The first-order valence-electron chi connectivity index (χ1n) is 7.67. The summed E-state index contributed by atoms with van der Waals surface area (Å²) in [6, 6.07) is 7.61. The molecule has 2 aliphatic rings. The zero-order chi connectivity index (χ0) is 16.1. The molecule has 1 amide bonds. The Morgan fingerprint density at radius 2 is 2.00 bits per heavy atom. The van der Waals surface area contributed by atoms with Crippen molar-refractivity contribution < 1.29 is 14.7 Å². The van der Waals surface area contributed by atoms with Crippen LogP contribution in [-0.2, 0) is 11.2 Å². The molecule has 116 valence electrons. The predicted molar refractivity (Wildman–Crippen MR) is 87.3 cm³/mol. The van der Waals surface area contributed by atoms with Crippen molar-refractivity contribution in [3.63, 3.8) is 0 Å². The second kappa shape index (κ2) is 4.84. The Balaban J connectivity index is 1.99. The molecule has 0 atom stereocenters. The number of allylic oxidation sites excluding steroid dienone is 1. The Morgan fingerprint density at radius 1 is 1.22 bits per heavy atom. The molecule has 5 nitrogen and oxygen atoms in total. The maximum absolute atomic E-state index is 12.5. The number of rotatable bonds is 1. The lowest BCUT2D eigenvalue weighted by molar-refractivity contribution is -0.110. The molecular formula is C18H16N2O3. The Bertz CT molecular complexity index is 890. The number of H-pyrrole nitrogens is 1. The molecular weight excluding hydrogens is 292 g/mol. The van der Waals surface area contributed by atoms with E-state index >= 15 is 0 Å². The summed E-state index contributed by atoms with van der Waals surface area (Å²) in [6.07, 6.45) is 2.34. The van der Waals surface area contributed by atoms with Gasteiger partial charge in [0.05, 0.1) is 11.1 Å². The molecule has 0 bridgehead atoms. The van der Waals surface area contributed by atoms with Gasteiger partial charge in [-0.3, -0.25) is 4.79 Å². The quantitative estimate of drug-likeness (QED) is 0.707. The number of aromatic nitrogens is 1. The first-order chi connectivity index (χ1) is 11.1. The minimum absolute atomic E-state index is 0.113. The van der Waals surface area contributed by atoms with Crippen molar-refractivity contribution in [1.29, 1.82) is 0 Å². The van der Waals surface area contributed by atoms with Crippen molar-refractivity contribution in [2.24, 2.45) is 0 Å². The number of para-hydroxylation sites is 1. The third-order valence-electron chi connectivity index (χ3n) is 4.63. The summed E-state index contributed by atoms with van der Waals surface area (Å²) < 4.78 is 0. The molecule has 1 aliphatic heterocycles. The number of benzene rings is 1. The standard InChI is InChI=1S/C18H16N2O3/c1-9-14(18(22)23)11-6-4-7-12(16(11)19-9)15-10-5-2-3-8-13(10)20-17(15)21/h2-3,5,8,19H,4,6-7H2,1H3,(H,20,21)(H,22,23)/b15-12-. The smallest absolute Gasteiger partial charge is 0.337 e. The predicted octanol–water partition coefficient (Wildman–Crippen LogP) is 3.22. The van der Waals surface area contributed by atoms with Crippen molar-refractivity contribution in [3.8, 4) is 0 Å². The monoisotopic (exact) mass is 308 g/mol. The van der Waals surface area contributed by atoms with E-state index < -0.39 is 5.97 Å². The minimum atomic E-state index is -0.914. The zero-order valence-corrected chi connectivity index (χ0v) is 12.7. The summed E-state index contributed by atoms with van der Waals surface area (Å²) in [6.45, 7) is 1.77. The Labute approximate surface area is 133 Å². The number of carboxylic acids is 1. The van der Waals surface area contributed by atoms with Crippen LogP contribution in [0.15, 0.2) is 24.3 Å². The fraction of sp³-hybridized carbons (Fsp3) is 0.222. The van der Waals surface area contributed by atoms with E-state index in [1.54, 1.807) is 6.92 Å². The van der Waals surface area contributed by atoms with Crippen LogP contribution >= 0.6 is 0 Å². The number of amides is 1. The lowest BCUT2D eigenvalue weighted by Crippen LogP contribution is -2.10. The number of hydrogen-bond acceptors (Lipinski definition) is 2. The summed E-state index contributed by atoms with van der Waals surface area (Å²) in [5.41, 5.74) is 5.93. The number of hydrogen-bond donors (Lipinski definition) is 3. The summed E-state index contributed by atoms with van der Waals surface area (Å²) in [4.78, 5) is 27.2. The van der Waals surface area contributed by atoms with Gasteiger partial charge in [0.2, 0.25) is 0 Å². The van der Waals surface area contributed by atoms with Crippen LogP contribution in [-0.4, -0.2) is 22.0 Å². The maximum Gasteiger partial charge on any atom is 0.337 e. The molecule has 0 unspecified atom stereocenters. The third kappa shape index (κ3) is 1.93. The number of carbonyl (C=O) groups excluding carboxylic acids is 1. The topological polar surface area (TPSA) is 82.2 Å². The maximum atomic E-state index is 12.5. The fourth-order valence-electron chi connectivity index (χ4n) is 3.71. The molecule has 5 heteroatoms. The molecule has 0 spiro atoms. The number of carboxylic acid groups (broad SMARTS) is 1. The molecule has 0 saturated heterocycles. The fourth-order valence-corrected chi connectivity index (χ4v) is 3.71. The van der Waals surface area contributed by atoms with E-state index in [9.17, 15) is 14.7 Å². The van der Waals surface area contributed by atoms with E-state index in [0.717, 1.165) is 47.3 Å². The van der Waals surface area contributed by atoms with Gasteiger partial charge in [-0.05, 0) is 43.4 Å². The van der Waals surface area contributed by atoms with Crippen LogP contribution in [0.2, 0.25) is 0 Å². The number of aromatic carboxylic acids is 1. The molecule has 2 heterocycles. The number of nitrogens with one attached hydrogen (secondary N) is 2. The molecule has 0 radical (unpaired) electrons. The van der Waals surface area contributed by atoms with Crippen molar-refractivity contribution in [1.82, 2.24) is 4.98 Å². The molecule has 4 rings (SSSR count). The van der Waals surface area contributed by atoms with E-state index in [-0.39, 0.29) is 5.91 Å². The normalized spacial score (nSPS) is 19.3. The summed E-state index contributed by atoms with van der Waals surface area (Å²) in [7, 11) is 0. The van der Waals surface area contributed by atoms with Crippen molar-refractivity contribution >= 4 is 28.7 Å². The van der Waals surface area contributed by atoms with Gasteiger partial charge in [-0.1, -0.05) is 18.2 Å². The lowest BCUT2D eigenvalue weighted by Gasteiger charge is -2.18. The molecule has 0 fully saturated rings. The van der Waals surface area contributed by atoms with Gasteiger partial charge in [0.15, 0.2) is 0 Å². The molecule has 1 aromatic carbocycles. The minimum Gasteiger partial charge on any atom is -0.478 e. The number of aryl methyl sites for hydroxylation is 1. The van der Waals surface area contributed by atoms with Gasteiger partial charge >= 0.3 is 5.97 Å². The second-order valence-electron chi connectivity index (χ2n) is 5.99. The van der Waals surface area contributed by atoms with Gasteiger partial charge in [-0.2, -0.15) is 0 Å². The molecule has 0 saturated carbocycles. The van der Waals surface area contributed by atoms with Crippen molar-refractivity contribution in [2.75, 3.05) is 5.32 Å². The largest absolute Gasteiger partial charge is 0.478 e. The van der Waals surface area contributed by atoms with Crippen LogP contribution in [0.1, 0.15) is 45.7 Å². The van der Waals surface area contributed by atoms with Gasteiger partial charge in [0.25, 0.3) is 5.91 Å². The van der Waals surface area contributed by atoms with E-state index in [1.807, 2.05) is 24.3 Å². The Morgan fingerprint density at radius 3 is 2.78 bits per heavy atom. The van der Waals surface area contributed by atoms with Gasteiger partial charge in [-0.25, -0.2) is 4.79 Å². The van der Waals surface area contributed by atoms with E-state index in [4.69, 9.17) is 0 Å². The van der Waals surface area contributed by atoms with E-state index in [1.165, 1.54) is 0 Å². The summed E-state index contributed by atoms with van der Waals surface area (Å²) in [5.74, 6) is -1.03. The molecule has 1 aromatic heterocycles. The average molecular weight is 308 g/mol. The van der Waals surface area contributed by atoms with Gasteiger partial charge in [-0.15, -0.1) is 0 Å². The highest BCUT2D eigenvalue weighted by molar-refractivity contribution is 6.36. The highest BCUT2D eigenvalue weighted by Crippen LogP contribution is 2.42. The van der Waals surface area contributed by atoms with Crippen molar-refractivity contribution in [3.05, 3.63) is 52.3 Å². The Hall–Kier alpha value is -2.82. The highest BCUT2D eigenvalue weighted by atomic mass is 16.4. The van der Waals surface area contributed by atoms with Crippen molar-refractivity contribution in [2.45, 2.75) is 26.2 Å². The molecule has 23 heavy (non-hydrogen) atoms. The van der Waals surface area contributed by atoms with Gasteiger partial charge in [0.1, 0.15) is 0 Å². The average Bonchev–Trinajstić information content (AvgIpc) is 3.02. The number of aromatic amines is 1. The molecule has 3 N–H and O–H groups in total. The summed E-state index contributed by atoms with van der Waals surface area (Å²) >= 11 is 0. The summed E-state index contributed by atoms with van der Waals surface area (Å²) in [5, 5.41) is 12.3. The van der Waals surface area contributed by atoms with Gasteiger partial charge < -0.3 is 15.4 Å². The first-order valence-corrected chi connectivity index (χ1v) is 7.67. The van der Waals surface area contributed by atoms with Crippen LogP contribution < -0.4 is 5.32 Å². The zero-order valence-electron chi connectivity index (χ0n) is 12.7. The first kappa shape index (κ1) is 13.8. The number of anilines is 1. The SMILES string of the molecule is Cc1[nH]c2c(c1C(=O)O)CCC/C2=C1/C(=O)Nc2ccccc21. The molecule has 2 aromatic rings.